The molecule has 0 spiro atoms. The quantitative estimate of drug-likeness (QED) is 0.817. The van der Waals surface area contributed by atoms with E-state index >= 15 is 0 Å². The Hall–Kier alpha value is -2.17. The summed E-state index contributed by atoms with van der Waals surface area (Å²) in [6.07, 6.45) is 0.469. The van der Waals surface area contributed by atoms with Gasteiger partial charge >= 0.3 is 0 Å². The normalized spacial score (nSPS) is 19.1. The van der Waals surface area contributed by atoms with Gasteiger partial charge in [0.25, 0.3) is 5.91 Å². The zero-order valence-corrected chi connectivity index (χ0v) is 15.7. The summed E-state index contributed by atoms with van der Waals surface area (Å²) in [5, 5.41) is 0. The molecule has 1 amide bonds. The molecule has 0 bridgehead atoms. The molecule has 138 valence electrons. The summed E-state index contributed by atoms with van der Waals surface area (Å²) in [5.41, 5.74) is 8.47. The number of nitrogens with two attached hydrogens (primary N) is 1. The van der Waals surface area contributed by atoms with Crippen LogP contribution in [-0.4, -0.2) is 36.2 Å². The molecule has 1 aliphatic rings. The molecular formula is C21H25ClN2O2. The number of amides is 1. The Morgan fingerprint density at radius 3 is 2.19 bits per heavy atom. The molecule has 1 aliphatic heterocycles. The first-order chi connectivity index (χ1) is 12.1. The van der Waals surface area contributed by atoms with Crippen molar-refractivity contribution in [1.82, 2.24) is 4.90 Å². The number of rotatable bonds is 5. The van der Waals surface area contributed by atoms with Crippen molar-refractivity contribution < 1.29 is 9.59 Å². The molecule has 1 saturated heterocycles. The van der Waals surface area contributed by atoms with Crippen molar-refractivity contribution in [2.75, 3.05) is 19.6 Å². The first kappa shape index (κ1) is 20.1. The Morgan fingerprint density at radius 2 is 1.62 bits per heavy atom. The lowest BCUT2D eigenvalue weighted by Gasteiger charge is -2.17. The largest absolute Gasteiger partial charge is 0.338 e. The van der Waals surface area contributed by atoms with Crippen LogP contribution in [-0.2, 0) is 0 Å². The molecule has 3 rings (SSSR count). The molecule has 4 nitrogen and oxygen atoms in total. The molecule has 0 unspecified atom stereocenters. The molecule has 1 heterocycles. The predicted molar refractivity (Wildman–Crippen MR) is 106 cm³/mol. The molecular weight excluding hydrogens is 348 g/mol. The highest BCUT2D eigenvalue weighted by Gasteiger charge is 2.35. The van der Waals surface area contributed by atoms with Gasteiger partial charge in [-0.25, -0.2) is 0 Å². The van der Waals surface area contributed by atoms with Gasteiger partial charge < -0.3 is 10.6 Å². The smallest absolute Gasteiger partial charge is 0.253 e. The molecule has 2 aromatic carbocycles. The van der Waals surface area contributed by atoms with Gasteiger partial charge in [-0.1, -0.05) is 49.4 Å². The van der Waals surface area contributed by atoms with Crippen molar-refractivity contribution in [3.05, 3.63) is 71.3 Å². The maximum absolute atomic E-state index is 12.8. The first-order valence-electron chi connectivity index (χ1n) is 8.81. The first-order valence-corrected chi connectivity index (χ1v) is 8.81. The predicted octanol–water partition coefficient (Wildman–Crippen LogP) is 3.52. The van der Waals surface area contributed by atoms with Gasteiger partial charge in [0.05, 0.1) is 0 Å². The molecule has 2 N–H and O–H groups in total. The van der Waals surface area contributed by atoms with Crippen LogP contribution in [0.1, 0.15) is 45.5 Å². The number of Topliss-reactive ketones (excluding diaryl/α,β-unsaturated/α-hetero) is 1. The minimum atomic E-state index is 0. The molecule has 5 heteroatoms. The van der Waals surface area contributed by atoms with Gasteiger partial charge in [0.2, 0.25) is 0 Å². The van der Waals surface area contributed by atoms with Crippen molar-refractivity contribution in [1.29, 1.82) is 0 Å². The summed E-state index contributed by atoms with van der Waals surface area (Å²) >= 11 is 0. The number of hydrogen-bond acceptors (Lipinski definition) is 3. The van der Waals surface area contributed by atoms with E-state index in [1.165, 1.54) is 5.56 Å². The zero-order valence-electron chi connectivity index (χ0n) is 14.9. The van der Waals surface area contributed by atoms with Crippen LogP contribution in [0.4, 0.5) is 0 Å². The lowest BCUT2D eigenvalue weighted by Crippen LogP contribution is -2.29. The Balaban J connectivity index is 0.00000243. The van der Waals surface area contributed by atoms with Crippen LogP contribution in [0.25, 0.3) is 0 Å². The Kier molecular flexibility index (Phi) is 6.95. The van der Waals surface area contributed by atoms with Crippen molar-refractivity contribution >= 4 is 24.1 Å². The highest BCUT2D eigenvalue weighted by Crippen LogP contribution is 2.32. The van der Waals surface area contributed by atoms with E-state index in [1.54, 1.807) is 24.3 Å². The maximum Gasteiger partial charge on any atom is 0.253 e. The summed E-state index contributed by atoms with van der Waals surface area (Å²) < 4.78 is 0. The van der Waals surface area contributed by atoms with Crippen molar-refractivity contribution in [3.63, 3.8) is 0 Å². The molecule has 2 aromatic rings. The van der Waals surface area contributed by atoms with E-state index in [0.29, 0.717) is 37.2 Å². The second kappa shape index (κ2) is 8.97. The number of nitrogens with zero attached hydrogens (tertiary/aromatic N) is 1. The van der Waals surface area contributed by atoms with E-state index in [2.05, 4.69) is 12.1 Å². The second-order valence-corrected chi connectivity index (χ2v) is 6.58. The summed E-state index contributed by atoms with van der Waals surface area (Å²) in [4.78, 5) is 26.4. The molecule has 1 fully saturated rings. The fourth-order valence-corrected chi connectivity index (χ4v) is 3.54. The monoisotopic (exact) mass is 372 g/mol. The van der Waals surface area contributed by atoms with E-state index in [9.17, 15) is 9.59 Å². The second-order valence-electron chi connectivity index (χ2n) is 6.58. The lowest BCUT2D eigenvalue weighted by molar-refractivity contribution is 0.0786. The number of benzene rings is 2. The van der Waals surface area contributed by atoms with Gasteiger partial charge in [0, 0.05) is 36.6 Å². The minimum Gasteiger partial charge on any atom is -0.338 e. The van der Waals surface area contributed by atoms with E-state index < -0.39 is 0 Å². The molecule has 0 radical (unpaired) electrons. The number of likely N-dealkylation sites (tertiary alicyclic amines) is 1. The maximum atomic E-state index is 12.8. The van der Waals surface area contributed by atoms with Gasteiger partial charge in [-0.05, 0) is 30.2 Å². The van der Waals surface area contributed by atoms with E-state index in [1.807, 2.05) is 30.0 Å². The average molecular weight is 373 g/mol. The van der Waals surface area contributed by atoms with Gasteiger partial charge in [-0.2, -0.15) is 0 Å². The summed E-state index contributed by atoms with van der Waals surface area (Å²) in [6.45, 7) is 3.75. The van der Waals surface area contributed by atoms with E-state index in [0.717, 1.165) is 0 Å². The molecule has 0 aliphatic carbocycles. The number of carbonyl (C=O) groups is 2. The summed E-state index contributed by atoms with van der Waals surface area (Å²) in [6, 6.07) is 17.2. The SMILES string of the molecule is CCC(=O)c1ccc(C(=O)N2C[C@@H](CN)[C@H](c3ccccc3)C2)cc1.Cl. The summed E-state index contributed by atoms with van der Waals surface area (Å²) in [5.74, 6) is 0.642. The van der Waals surface area contributed by atoms with Crippen LogP contribution in [0.2, 0.25) is 0 Å². The number of ketones is 1. The molecule has 0 saturated carbocycles. The van der Waals surface area contributed by atoms with Crippen LogP contribution >= 0.6 is 12.4 Å². The van der Waals surface area contributed by atoms with Crippen molar-refractivity contribution in [2.45, 2.75) is 19.3 Å². The van der Waals surface area contributed by atoms with Crippen LogP contribution in [0.3, 0.4) is 0 Å². The fraction of sp³-hybridized carbons (Fsp3) is 0.333. The van der Waals surface area contributed by atoms with Gasteiger partial charge in [-0.3, -0.25) is 9.59 Å². The van der Waals surface area contributed by atoms with Crippen molar-refractivity contribution in [2.24, 2.45) is 11.7 Å². The zero-order chi connectivity index (χ0) is 17.8. The van der Waals surface area contributed by atoms with Gasteiger partial charge in [-0.15, -0.1) is 12.4 Å². The summed E-state index contributed by atoms with van der Waals surface area (Å²) in [7, 11) is 0. The number of carbonyl (C=O) groups excluding carboxylic acids is 2. The topological polar surface area (TPSA) is 63.4 Å². The number of hydrogen-bond donors (Lipinski definition) is 1. The Bertz CT molecular complexity index is 746. The van der Waals surface area contributed by atoms with Crippen LogP contribution in [0.15, 0.2) is 54.6 Å². The minimum absolute atomic E-state index is 0. The van der Waals surface area contributed by atoms with Crippen LogP contribution < -0.4 is 5.73 Å². The molecule has 2 atom stereocenters. The fourth-order valence-electron chi connectivity index (χ4n) is 3.54. The highest BCUT2D eigenvalue weighted by atomic mass is 35.5. The van der Waals surface area contributed by atoms with Crippen LogP contribution in [0, 0.1) is 5.92 Å². The lowest BCUT2D eigenvalue weighted by atomic mass is 9.89. The van der Waals surface area contributed by atoms with Crippen LogP contribution in [0.5, 0.6) is 0 Å². The van der Waals surface area contributed by atoms with E-state index in [-0.39, 0.29) is 35.9 Å². The average Bonchev–Trinajstić information content (AvgIpc) is 3.12. The molecule has 26 heavy (non-hydrogen) atoms. The van der Waals surface area contributed by atoms with Crippen molar-refractivity contribution in [3.8, 4) is 0 Å². The standard InChI is InChI=1S/C21H24N2O2.ClH/c1-2-20(24)16-8-10-17(11-9-16)21(25)23-13-18(12-22)19(14-23)15-6-4-3-5-7-15;/h3-11,18-19H,2,12-14,22H2,1H3;1H/t18-,19+;/m1./s1. The highest BCUT2D eigenvalue weighted by molar-refractivity contribution is 5.98. The third-order valence-electron chi connectivity index (χ3n) is 5.03. The third kappa shape index (κ3) is 4.14. The van der Waals surface area contributed by atoms with Gasteiger partial charge in [0.1, 0.15) is 0 Å². The Labute approximate surface area is 160 Å². The van der Waals surface area contributed by atoms with E-state index in [4.69, 9.17) is 5.73 Å². The third-order valence-corrected chi connectivity index (χ3v) is 5.03. The Morgan fingerprint density at radius 1 is 1.00 bits per heavy atom. The van der Waals surface area contributed by atoms with Gasteiger partial charge in [0.15, 0.2) is 5.78 Å². The molecule has 0 aromatic heterocycles. The number of halogens is 1.